The second-order valence-corrected chi connectivity index (χ2v) is 9.76. The second-order valence-electron chi connectivity index (χ2n) is 9.76. The van der Waals surface area contributed by atoms with E-state index >= 15 is 0 Å². The highest BCUT2D eigenvalue weighted by Gasteiger charge is 2.09. The Hall–Kier alpha value is -4.12. The fourth-order valence-corrected chi connectivity index (χ4v) is 4.20. The molecule has 39 heavy (non-hydrogen) atoms. The zero-order valence-electron chi connectivity index (χ0n) is 22.9. The van der Waals surface area contributed by atoms with Gasteiger partial charge in [-0.25, -0.2) is 4.79 Å². The highest BCUT2D eigenvalue weighted by molar-refractivity contribution is 5.88. The highest BCUT2D eigenvalue weighted by Crippen LogP contribution is 2.27. The fraction of sp³-hybridized carbons (Fsp3) is 0.294. The third-order valence-electron chi connectivity index (χ3n) is 6.52. The molecular weight excluding hydrogens is 486 g/mol. The molecule has 202 valence electrons. The average molecular weight is 524 g/mol. The standard InChI is InChI=1S/C34H37NO4/c1-3-4-5-6-7-8-9-24-37-30-19-12-27(13-20-30)14-23-34(36)38-31-21-17-29(18-22-31)33-25-32(35-39-33)28-15-10-26(2)11-16-28/h10-23,25H,3-9,24H2,1-2H3/b23-14+. The number of carbonyl (C=O) groups is 1. The average Bonchev–Trinajstić information content (AvgIpc) is 3.45. The summed E-state index contributed by atoms with van der Waals surface area (Å²) in [6.45, 7) is 5.02. The number of aryl methyl sites for hydroxylation is 1. The zero-order valence-corrected chi connectivity index (χ0v) is 22.9. The van der Waals surface area contributed by atoms with Gasteiger partial charge in [-0.05, 0) is 61.4 Å². The van der Waals surface area contributed by atoms with Crippen LogP contribution in [0.5, 0.6) is 11.5 Å². The molecule has 0 aliphatic rings. The van der Waals surface area contributed by atoms with Crippen molar-refractivity contribution in [1.82, 2.24) is 5.16 Å². The van der Waals surface area contributed by atoms with Gasteiger partial charge in [-0.15, -0.1) is 0 Å². The predicted octanol–water partition coefficient (Wildman–Crippen LogP) is 9.07. The Morgan fingerprint density at radius 3 is 2.15 bits per heavy atom. The number of nitrogens with zero attached hydrogens (tertiary/aromatic N) is 1. The molecule has 1 heterocycles. The normalized spacial score (nSPS) is 11.1. The third kappa shape index (κ3) is 8.99. The van der Waals surface area contributed by atoms with Gasteiger partial charge in [0.15, 0.2) is 5.76 Å². The molecule has 0 aliphatic carbocycles. The Balaban J connectivity index is 1.21. The van der Waals surface area contributed by atoms with Crippen molar-refractivity contribution in [2.45, 2.75) is 58.8 Å². The first-order chi connectivity index (χ1) is 19.1. The van der Waals surface area contributed by atoms with Crippen LogP contribution in [-0.2, 0) is 4.79 Å². The summed E-state index contributed by atoms with van der Waals surface area (Å²) in [5.41, 5.74) is 4.72. The number of benzene rings is 3. The van der Waals surface area contributed by atoms with E-state index in [1.807, 2.05) is 73.7 Å². The summed E-state index contributed by atoms with van der Waals surface area (Å²) >= 11 is 0. The monoisotopic (exact) mass is 523 g/mol. The molecule has 0 atom stereocenters. The van der Waals surface area contributed by atoms with Crippen molar-refractivity contribution >= 4 is 12.0 Å². The van der Waals surface area contributed by atoms with Crippen molar-refractivity contribution in [2.24, 2.45) is 0 Å². The van der Waals surface area contributed by atoms with Crippen LogP contribution in [0.3, 0.4) is 0 Å². The molecule has 0 spiro atoms. The van der Waals surface area contributed by atoms with Crippen LogP contribution >= 0.6 is 0 Å². The summed E-state index contributed by atoms with van der Waals surface area (Å²) in [5.74, 6) is 1.51. The van der Waals surface area contributed by atoms with Gasteiger partial charge in [-0.1, -0.05) is 92.6 Å². The molecule has 0 amide bonds. The van der Waals surface area contributed by atoms with Crippen molar-refractivity contribution in [3.05, 3.63) is 96.1 Å². The molecule has 4 aromatic rings. The van der Waals surface area contributed by atoms with Crippen LogP contribution in [-0.4, -0.2) is 17.7 Å². The van der Waals surface area contributed by atoms with Crippen molar-refractivity contribution < 1.29 is 18.8 Å². The van der Waals surface area contributed by atoms with Gasteiger partial charge in [-0.3, -0.25) is 0 Å². The van der Waals surface area contributed by atoms with E-state index in [2.05, 4.69) is 12.1 Å². The molecule has 5 heteroatoms. The van der Waals surface area contributed by atoms with Crippen molar-refractivity contribution in [3.63, 3.8) is 0 Å². The van der Waals surface area contributed by atoms with Gasteiger partial charge in [0.2, 0.25) is 0 Å². The van der Waals surface area contributed by atoms with Crippen LogP contribution in [0.4, 0.5) is 0 Å². The summed E-state index contributed by atoms with van der Waals surface area (Å²) in [6, 6.07) is 24.9. The Morgan fingerprint density at radius 2 is 1.44 bits per heavy atom. The number of hydrogen-bond donors (Lipinski definition) is 0. The zero-order chi connectivity index (χ0) is 27.3. The van der Waals surface area contributed by atoms with Gasteiger partial charge >= 0.3 is 5.97 Å². The Morgan fingerprint density at radius 1 is 0.795 bits per heavy atom. The minimum Gasteiger partial charge on any atom is -0.494 e. The van der Waals surface area contributed by atoms with Crippen LogP contribution in [0, 0.1) is 6.92 Å². The van der Waals surface area contributed by atoms with Crippen molar-refractivity contribution in [3.8, 4) is 34.1 Å². The molecule has 0 N–H and O–H groups in total. The van der Waals surface area contributed by atoms with E-state index < -0.39 is 5.97 Å². The van der Waals surface area contributed by atoms with E-state index in [0.717, 1.165) is 41.2 Å². The molecule has 1 aromatic heterocycles. The lowest BCUT2D eigenvalue weighted by atomic mass is 10.1. The Kier molecular flexibility index (Phi) is 10.5. The van der Waals surface area contributed by atoms with Gasteiger partial charge in [0, 0.05) is 23.3 Å². The number of ether oxygens (including phenoxy) is 2. The molecule has 0 bridgehead atoms. The first-order valence-electron chi connectivity index (χ1n) is 13.9. The maximum atomic E-state index is 12.3. The Bertz CT molecular complexity index is 1320. The van der Waals surface area contributed by atoms with E-state index in [1.54, 1.807) is 18.2 Å². The number of rotatable bonds is 14. The summed E-state index contributed by atoms with van der Waals surface area (Å²) in [7, 11) is 0. The molecule has 0 radical (unpaired) electrons. The van der Waals surface area contributed by atoms with E-state index in [-0.39, 0.29) is 0 Å². The van der Waals surface area contributed by atoms with Crippen LogP contribution in [0.25, 0.3) is 28.7 Å². The molecule has 0 unspecified atom stereocenters. The topological polar surface area (TPSA) is 61.6 Å². The minimum atomic E-state index is -0.441. The van der Waals surface area contributed by atoms with Crippen LogP contribution < -0.4 is 9.47 Å². The maximum Gasteiger partial charge on any atom is 0.336 e. The van der Waals surface area contributed by atoms with Crippen LogP contribution in [0.2, 0.25) is 0 Å². The lowest BCUT2D eigenvalue weighted by molar-refractivity contribution is -0.128. The molecule has 5 nitrogen and oxygen atoms in total. The van der Waals surface area contributed by atoms with E-state index in [0.29, 0.717) is 11.5 Å². The molecule has 0 fully saturated rings. The third-order valence-corrected chi connectivity index (χ3v) is 6.52. The highest BCUT2D eigenvalue weighted by atomic mass is 16.5. The Labute approximate surface area is 231 Å². The number of unbranched alkanes of at least 4 members (excludes halogenated alkanes) is 6. The molecule has 0 aliphatic heterocycles. The number of aromatic nitrogens is 1. The van der Waals surface area contributed by atoms with Gasteiger partial charge in [0.25, 0.3) is 0 Å². The summed E-state index contributed by atoms with van der Waals surface area (Å²) in [6.07, 6.45) is 12.0. The van der Waals surface area contributed by atoms with Gasteiger partial charge in [0.05, 0.1) is 6.61 Å². The number of hydrogen-bond acceptors (Lipinski definition) is 5. The largest absolute Gasteiger partial charge is 0.494 e. The number of esters is 1. The summed E-state index contributed by atoms with van der Waals surface area (Å²) < 4.78 is 16.8. The SMILES string of the molecule is CCCCCCCCCOc1ccc(/C=C/C(=O)Oc2ccc(-c3cc(-c4ccc(C)cc4)no3)cc2)cc1. The molecule has 4 rings (SSSR count). The maximum absolute atomic E-state index is 12.3. The smallest absolute Gasteiger partial charge is 0.336 e. The molecule has 0 saturated heterocycles. The van der Waals surface area contributed by atoms with Crippen molar-refractivity contribution in [2.75, 3.05) is 6.61 Å². The molecule has 0 saturated carbocycles. The van der Waals surface area contributed by atoms with Gasteiger partial charge < -0.3 is 14.0 Å². The fourth-order valence-electron chi connectivity index (χ4n) is 4.20. The lowest BCUT2D eigenvalue weighted by Crippen LogP contribution is -2.03. The van der Waals surface area contributed by atoms with Gasteiger partial charge in [0.1, 0.15) is 17.2 Å². The first-order valence-corrected chi connectivity index (χ1v) is 13.9. The van der Waals surface area contributed by atoms with Crippen LogP contribution in [0.1, 0.15) is 63.0 Å². The summed E-state index contributed by atoms with van der Waals surface area (Å²) in [4.78, 5) is 12.3. The second kappa shape index (κ2) is 14.7. The van der Waals surface area contributed by atoms with E-state index in [9.17, 15) is 4.79 Å². The van der Waals surface area contributed by atoms with E-state index in [4.69, 9.17) is 14.0 Å². The molecular formula is C34H37NO4. The van der Waals surface area contributed by atoms with Gasteiger partial charge in [-0.2, -0.15) is 0 Å². The quantitative estimate of drug-likeness (QED) is 0.0714. The van der Waals surface area contributed by atoms with Crippen molar-refractivity contribution in [1.29, 1.82) is 0 Å². The minimum absolute atomic E-state index is 0.441. The molecule has 3 aromatic carbocycles. The van der Waals surface area contributed by atoms with Crippen LogP contribution in [0.15, 0.2) is 89.5 Å². The number of carbonyl (C=O) groups excluding carboxylic acids is 1. The lowest BCUT2D eigenvalue weighted by Gasteiger charge is -2.06. The predicted molar refractivity (Wildman–Crippen MR) is 157 cm³/mol. The first kappa shape index (κ1) is 27.9. The van der Waals surface area contributed by atoms with E-state index in [1.165, 1.54) is 50.2 Å². The summed E-state index contributed by atoms with van der Waals surface area (Å²) in [5, 5.41) is 4.18.